The second-order valence-electron chi connectivity index (χ2n) is 5.98. The van der Waals surface area contributed by atoms with Gasteiger partial charge in [-0.15, -0.1) is 0 Å². The molecule has 4 nitrogen and oxygen atoms in total. The molecule has 1 saturated carbocycles. The molecule has 0 atom stereocenters. The van der Waals surface area contributed by atoms with E-state index in [0.717, 1.165) is 38.4 Å². The predicted octanol–water partition coefficient (Wildman–Crippen LogP) is 3.07. The van der Waals surface area contributed by atoms with E-state index in [1.165, 1.54) is 19.3 Å². The number of rotatable bonds is 6. The predicted molar refractivity (Wildman–Crippen MR) is 84.7 cm³/mol. The summed E-state index contributed by atoms with van der Waals surface area (Å²) >= 11 is 0. The Morgan fingerprint density at radius 3 is 2.00 bits per heavy atom. The van der Waals surface area contributed by atoms with Crippen molar-refractivity contribution in [1.82, 2.24) is 9.80 Å². The number of urea groups is 1. The van der Waals surface area contributed by atoms with E-state index >= 15 is 0 Å². The van der Waals surface area contributed by atoms with Crippen molar-refractivity contribution in [2.75, 3.05) is 26.2 Å². The average Bonchev–Trinajstić information content (AvgIpc) is 2.49. The summed E-state index contributed by atoms with van der Waals surface area (Å²) in [5.41, 5.74) is 6.00. The van der Waals surface area contributed by atoms with Crippen molar-refractivity contribution in [3.63, 3.8) is 0 Å². The van der Waals surface area contributed by atoms with Crippen molar-refractivity contribution in [2.45, 2.75) is 65.3 Å². The van der Waals surface area contributed by atoms with E-state index in [0.29, 0.717) is 6.54 Å². The van der Waals surface area contributed by atoms with Crippen LogP contribution in [0.15, 0.2) is 0 Å². The molecule has 0 saturated heterocycles. The summed E-state index contributed by atoms with van der Waals surface area (Å²) in [6.45, 7) is 11.3. The zero-order valence-corrected chi connectivity index (χ0v) is 13.8. The maximum Gasteiger partial charge on any atom is 0.320 e. The normalized spacial score (nSPS) is 26.4. The molecule has 1 aliphatic carbocycles. The van der Waals surface area contributed by atoms with Crippen LogP contribution in [0.3, 0.4) is 0 Å². The van der Waals surface area contributed by atoms with Crippen LogP contribution in [0.1, 0.15) is 59.8 Å². The highest BCUT2D eigenvalue weighted by Crippen LogP contribution is 2.37. The smallest absolute Gasteiger partial charge is 0.320 e. The first-order valence-corrected chi connectivity index (χ1v) is 8.35. The Morgan fingerprint density at radius 1 is 1.10 bits per heavy atom. The van der Waals surface area contributed by atoms with Crippen LogP contribution in [0.5, 0.6) is 0 Å². The lowest BCUT2D eigenvalue weighted by Gasteiger charge is -2.48. The summed E-state index contributed by atoms with van der Waals surface area (Å²) in [6.07, 6.45) is 5.77. The second-order valence-corrected chi connectivity index (χ2v) is 5.98. The lowest BCUT2D eigenvalue weighted by atomic mass is 9.74. The van der Waals surface area contributed by atoms with Crippen molar-refractivity contribution in [3.05, 3.63) is 0 Å². The van der Waals surface area contributed by atoms with Gasteiger partial charge >= 0.3 is 6.03 Å². The summed E-state index contributed by atoms with van der Waals surface area (Å²) in [6, 6.07) is 0.165. The highest BCUT2D eigenvalue weighted by Gasteiger charge is 2.41. The summed E-state index contributed by atoms with van der Waals surface area (Å²) in [7, 11) is 0. The molecule has 0 radical (unpaired) electrons. The number of amides is 2. The SMILES string of the molecule is CCC1CCC(CN)(N(CC)C(=O)N(CC)CC)CC1. The molecule has 20 heavy (non-hydrogen) atoms. The van der Waals surface area contributed by atoms with Gasteiger partial charge in [0.2, 0.25) is 0 Å². The van der Waals surface area contributed by atoms with Crippen molar-refractivity contribution >= 4 is 6.03 Å². The minimum absolute atomic E-state index is 0.111. The van der Waals surface area contributed by atoms with Gasteiger partial charge in [0, 0.05) is 26.2 Å². The summed E-state index contributed by atoms with van der Waals surface area (Å²) in [5, 5.41) is 0. The Hall–Kier alpha value is -0.770. The zero-order chi connectivity index (χ0) is 15.2. The van der Waals surface area contributed by atoms with Crippen molar-refractivity contribution < 1.29 is 4.79 Å². The number of likely N-dealkylation sites (N-methyl/N-ethyl adjacent to an activating group) is 1. The van der Waals surface area contributed by atoms with E-state index in [1.807, 2.05) is 23.6 Å². The van der Waals surface area contributed by atoms with E-state index in [-0.39, 0.29) is 11.6 Å². The number of hydrogen-bond acceptors (Lipinski definition) is 2. The number of nitrogens with zero attached hydrogens (tertiary/aromatic N) is 2. The van der Waals surface area contributed by atoms with Crippen LogP contribution < -0.4 is 5.73 Å². The molecule has 0 aliphatic heterocycles. The van der Waals surface area contributed by atoms with E-state index in [9.17, 15) is 4.79 Å². The topological polar surface area (TPSA) is 49.6 Å². The number of carbonyl (C=O) groups is 1. The standard InChI is InChI=1S/C16H33N3O/c1-5-14-9-11-16(13-17,12-10-14)19(8-4)15(20)18(6-2)7-3/h14H,5-13,17H2,1-4H3. The number of hydrogen-bond donors (Lipinski definition) is 1. The fraction of sp³-hybridized carbons (Fsp3) is 0.938. The third kappa shape index (κ3) is 3.46. The molecular weight excluding hydrogens is 250 g/mol. The molecule has 0 heterocycles. The third-order valence-electron chi connectivity index (χ3n) is 5.15. The third-order valence-corrected chi connectivity index (χ3v) is 5.15. The number of nitrogens with two attached hydrogens (primary N) is 1. The fourth-order valence-corrected chi connectivity index (χ4v) is 3.55. The van der Waals surface area contributed by atoms with Gasteiger partial charge in [-0.3, -0.25) is 0 Å². The van der Waals surface area contributed by atoms with Crippen LogP contribution in [-0.2, 0) is 0 Å². The minimum atomic E-state index is -0.111. The largest absolute Gasteiger partial charge is 0.328 e. The molecule has 0 aromatic rings. The van der Waals surface area contributed by atoms with Gasteiger partial charge in [-0.25, -0.2) is 4.79 Å². The summed E-state index contributed by atoms with van der Waals surface area (Å²) in [4.78, 5) is 16.7. The molecule has 0 aromatic carbocycles. The molecule has 118 valence electrons. The molecule has 4 heteroatoms. The monoisotopic (exact) mass is 283 g/mol. The fourth-order valence-electron chi connectivity index (χ4n) is 3.55. The lowest BCUT2D eigenvalue weighted by molar-refractivity contribution is 0.0546. The Bertz CT molecular complexity index is 294. The Kier molecular flexibility index (Phi) is 6.80. The van der Waals surface area contributed by atoms with Gasteiger partial charge in [0.15, 0.2) is 0 Å². The first-order valence-electron chi connectivity index (χ1n) is 8.35. The first kappa shape index (κ1) is 17.3. The van der Waals surface area contributed by atoms with Gasteiger partial charge < -0.3 is 15.5 Å². The first-order chi connectivity index (χ1) is 9.58. The Morgan fingerprint density at radius 2 is 1.65 bits per heavy atom. The Balaban J connectivity index is 2.87. The Labute approximate surface area is 124 Å². The summed E-state index contributed by atoms with van der Waals surface area (Å²) < 4.78 is 0. The quantitative estimate of drug-likeness (QED) is 0.814. The van der Waals surface area contributed by atoms with E-state index in [2.05, 4.69) is 13.8 Å². The number of carbonyl (C=O) groups excluding carboxylic acids is 1. The van der Waals surface area contributed by atoms with Gasteiger partial charge in [-0.2, -0.15) is 0 Å². The minimum Gasteiger partial charge on any atom is -0.328 e. The highest BCUT2D eigenvalue weighted by molar-refractivity contribution is 5.75. The highest BCUT2D eigenvalue weighted by atomic mass is 16.2. The molecule has 1 fully saturated rings. The average molecular weight is 283 g/mol. The molecule has 0 aromatic heterocycles. The molecule has 2 N–H and O–H groups in total. The second kappa shape index (κ2) is 7.87. The van der Waals surface area contributed by atoms with Crippen LogP contribution in [0.2, 0.25) is 0 Å². The van der Waals surface area contributed by atoms with Gasteiger partial charge in [-0.05, 0) is 52.4 Å². The van der Waals surface area contributed by atoms with Crippen molar-refractivity contribution in [1.29, 1.82) is 0 Å². The van der Waals surface area contributed by atoms with Crippen LogP contribution in [0.4, 0.5) is 4.79 Å². The maximum absolute atomic E-state index is 12.7. The van der Waals surface area contributed by atoms with Crippen LogP contribution >= 0.6 is 0 Å². The van der Waals surface area contributed by atoms with E-state index < -0.39 is 0 Å². The molecule has 0 bridgehead atoms. The van der Waals surface area contributed by atoms with Crippen LogP contribution in [0, 0.1) is 5.92 Å². The molecule has 1 aliphatic rings. The zero-order valence-electron chi connectivity index (χ0n) is 13.8. The lowest BCUT2D eigenvalue weighted by Crippen LogP contribution is -2.60. The van der Waals surface area contributed by atoms with Crippen LogP contribution in [-0.4, -0.2) is 47.5 Å². The van der Waals surface area contributed by atoms with Gasteiger partial charge in [-0.1, -0.05) is 13.3 Å². The van der Waals surface area contributed by atoms with E-state index in [1.54, 1.807) is 0 Å². The van der Waals surface area contributed by atoms with Gasteiger partial charge in [0.25, 0.3) is 0 Å². The van der Waals surface area contributed by atoms with Crippen molar-refractivity contribution in [2.24, 2.45) is 11.7 Å². The van der Waals surface area contributed by atoms with E-state index in [4.69, 9.17) is 5.73 Å². The molecule has 0 spiro atoms. The van der Waals surface area contributed by atoms with Gasteiger partial charge in [0.1, 0.15) is 0 Å². The van der Waals surface area contributed by atoms with Gasteiger partial charge in [0.05, 0.1) is 5.54 Å². The maximum atomic E-state index is 12.7. The summed E-state index contributed by atoms with van der Waals surface area (Å²) in [5.74, 6) is 0.817. The van der Waals surface area contributed by atoms with Crippen LogP contribution in [0.25, 0.3) is 0 Å². The molecular formula is C16H33N3O. The molecule has 0 unspecified atom stereocenters. The molecule has 2 amide bonds. The molecule has 1 rings (SSSR count). The van der Waals surface area contributed by atoms with Crippen molar-refractivity contribution in [3.8, 4) is 0 Å².